The van der Waals surface area contributed by atoms with Gasteiger partial charge in [-0.3, -0.25) is 35.6 Å². The highest BCUT2D eigenvalue weighted by Crippen LogP contribution is 2.13. The third kappa shape index (κ3) is 3.54. The van der Waals surface area contributed by atoms with Gasteiger partial charge < -0.3 is 0 Å². The molecule has 0 saturated carbocycles. The smallest absolute Gasteiger partial charge is 0.259 e. The molecule has 3 N–H and O–H groups in total. The number of nitrogens with zero attached hydrogens (tertiary/aromatic N) is 2. The molecule has 136 valence electrons. The number of para-hydroxylation sites is 2. The SMILES string of the molecule is N=C(NC(=O)c1cnc2ccccc2c1)NC(=O)c1cnc2ccccc2c1. The van der Waals surface area contributed by atoms with Gasteiger partial charge in [0.25, 0.3) is 11.8 Å². The molecule has 7 heteroatoms. The van der Waals surface area contributed by atoms with Crippen LogP contribution in [0.5, 0.6) is 0 Å². The van der Waals surface area contributed by atoms with E-state index >= 15 is 0 Å². The lowest BCUT2D eigenvalue weighted by Gasteiger charge is -2.09. The van der Waals surface area contributed by atoms with Crippen molar-refractivity contribution in [3.63, 3.8) is 0 Å². The Bertz CT molecular complexity index is 1140. The molecule has 28 heavy (non-hydrogen) atoms. The van der Waals surface area contributed by atoms with E-state index in [-0.39, 0.29) is 0 Å². The van der Waals surface area contributed by atoms with Crippen molar-refractivity contribution in [1.82, 2.24) is 20.6 Å². The van der Waals surface area contributed by atoms with Crippen molar-refractivity contribution in [1.29, 1.82) is 5.41 Å². The van der Waals surface area contributed by atoms with Crippen molar-refractivity contribution >= 4 is 39.6 Å². The Morgan fingerprint density at radius 1 is 0.714 bits per heavy atom. The normalized spacial score (nSPS) is 10.6. The van der Waals surface area contributed by atoms with Crippen LogP contribution in [-0.4, -0.2) is 27.7 Å². The van der Waals surface area contributed by atoms with Gasteiger partial charge in [-0.05, 0) is 24.3 Å². The molecule has 0 spiro atoms. The highest BCUT2D eigenvalue weighted by Gasteiger charge is 2.13. The van der Waals surface area contributed by atoms with Gasteiger partial charge in [-0.1, -0.05) is 36.4 Å². The molecule has 0 aliphatic rings. The van der Waals surface area contributed by atoms with Crippen LogP contribution in [0.1, 0.15) is 20.7 Å². The number of fused-ring (bicyclic) bond motifs is 2. The molecule has 2 aromatic carbocycles. The van der Waals surface area contributed by atoms with Gasteiger partial charge in [0.15, 0.2) is 0 Å². The van der Waals surface area contributed by atoms with Crippen LogP contribution < -0.4 is 10.6 Å². The minimum atomic E-state index is -0.528. The van der Waals surface area contributed by atoms with Crippen molar-refractivity contribution in [3.05, 3.63) is 84.2 Å². The van der Waals surface area contributed by atoms with Crippen molar-refractivity contribution in [2.45, 2.75) is 0 Å². The number of hydrogen-bond donors (Lipinski definition) is 3. The number of amides is 2. The molecule has 4 aromatic rings. The number of aromatic nitrogens is 2. The molecular weight excluding hydrogens is 354 g/mol. The van der Waals surface area contributed by atoms with Crippen LogP contribution in [0.2, 0.25) is 0 Å². The summed E-state index contributed by atoms with van der Waals surface area (Å²) in [6, 6.07) is 18.2. The van der Waals surface area contributed by atoms with E-state index in [2.05, 4.69) is 20.6 Å². The Hall–Kier alpha value is -4.13. The number of carbonyl (C=O) groups is 2. The number of hydrogen-bond acceptors (Lipinski definition) is 5. The molecule has 2 heterocycles. The summed E-state index contributed by atoms with van der Waals surface area (Å²) in [5.74, 6) is -1.48. The first-order valence-corrected chi connectivity index (χ1v) is 8.51. The molecule has 0 aliphatic heterocycles. The van der Waals surface area contributed by atoms with E-state index in [0.29, 0.717) is 11.1 Å². The van der Waals surface area contributed by atoms with Crippen molar-refractivity contribution in [2.75, 3.05) is 0 Å². The molecule has 2 amide bonds. The number of benzene rings is 2. The van der Waals surface area contributed by atoms with Gasteiger partial charge in [0, 0.05) is 23.2 Å². The van der Waals surface area contributed by atoms with Gasteiger partial charge in [0.2, 0.25) is 5.96 Å². The standard InChI is InChI=1S/C21H15N5O2/c22-21(25-19(27)15-9-13-5-1-3-7-17(13)23-11-15)26-20(28)16-10-14-6-2-4-8-18(14)24-12-16/h1-12H,(H3,22,25,26,27,28). The molecule has 0 saturated heterocycles. The third-order valence-corrected chi connectivity index (χ3v) is 4.18. The zero-order valence-corrected chi connectivity index (χ0v) is 14.6. The lowest BCUT2D eigenvalue weighted by molar-refractivity contribution is 0.0966. The van der Waals surface area contributed by atoms with E-state index < -0.39 is 17.8 Å². The second kappa shape index (κ2) is 7.24. The Morgan fingerprint density at radius 3 is 1.61 bits per heavy atom. The summed E-state index contributed by atoms with van der Waals surface area (Å²) < 4.78 is 0. The number of nitrogens with one attached hydrogen (secondary N) is 3. The average molecular weight is 369 g/mol. The van der Waals surface area contributed by atoms with Crippen molar-refractivity contribution in [2.24, 2.45) is 0 Å². The minimum Gasteiger partial charge on any atom is -0.292 e. The summed E-state index contributed by atoms with van der Waals surface area (Å²) in [6.07, 6.45) is 2.86. The molecule has 0 aliphatic carbocycles. The summed E-state index contributed by atoms with van der Waals surface area (Å²) in [5.41, 5.74) is 2.13. The number of carbonyl (C=O) groups excluding carboxylic acids is 2. The second-order valence-electron chi connectivity index (χ2n) is 6.12. The number of rotatable bonds is 2. The van der Waals surface area contributed by atoms with E-state index in [1.807, 2.05) is 48.5 Å². The van der Waals surface area contributed by atoms with E-state index in [1.54, 1.807) is 12.1 Å². The van der Waals surface area contributed by atoms with Gasteiger partial charge in [-0.2, -0.15) is 0 Å². The lowest BCUT2D eigenvalue weighted by atomic mass is 10.1. The van der Waals surface area contributed by atoms with Gasteiger partial charge in [0.05, 0.1) is 22.2 Å². The summed E-state index contributed by atoms with van der Waals surface area (Å²) in [7, 11) is 0. The first kappa shape index (κ1) is 17.3. The predicted octanol–water partition coefficient (Wildman–Crippen LogP) is 2.88. The van der Waals surface area contributed by atoms with E-state index in [9.17, 15) is 9.59 Å². The number of pyridine rings is 2. The second-order valence-corrected chi connectivity index (χ2v) is 6.12. The summed E-state index contributed by atoms with van der Waals surface area (Å²) >= 11 is 0. The predicted molar refractivity (Wildman–Crippen MR) is 106 cm³/mol. The first-order valence-electron chi connectivity index (χ1n) is 8.51. The van der Waals surface area contributed by atoms with Gasteiger partial charge in [-0.15, -0.1) is 0 Å². The molecule has 0 fully saturated rings. The Kier molecular flexibility index (Phi) is 4.47. The zero-order chi connectivity index (χ0) is 19.5. The minimum absolute atomic E-state index is 0.296. The van der Waals surface area contributed by atoms with Gasteiger partial charge >= 0.3 is 0 Å². The van der Waals surface area contributed by atoms with Crippen LogP contribution >= 0.6 is 0 Å². The van der Waals surface area contributed by atoms with E-state index in [4.69, 9.17) is 5.41 Å². The highest BCUT2D eigenvalue weighted by atomic mass is 16.2. The van der Waals surface area contributed by atoms with E-state index in [0.717, 1.165) is 21.8 Å². The maximum Gasteiger partial charge on any atom is 0.259 e. The Labute approximate surface area is 159 Å². The van der Waals surface area contributed by atoms with Gasteiger partial charge in [-0.25, -0.2) is 0 Å². The molecular formula is C21H15N5O2. The van der Waals surface area contributed by atoms with Gasteiger partial charge in [0.1, 0.15) is 0 Å². The third-order valence-electron chi connectivity index (χ3n) is 4.18. The maximum atomic E-state index is 12.3. The molecule has 4 rings (SSSR count). The highest BCUT2D eigenvalue weighted by molar-refractivity contribution is 6.12. The van der Waals surface area contributed by atoms with Crippen LogP contribution in [0.15, 0.2) is 73.1 Å². The molecule has 0 atom stereocenters. The average Bonchev–Trinajstić information content (AvgIpc) is 2.72. The molecule has 0 unspecified atom stereocenters. The molecule has 2 aromatic heterocycles. The summed E-state index contributed by atoms with van der Waals surface area (Å²) in [5, 5.41) is 14.2. The zero-order valence-electron chi connectivity index (χ0n) is 14.6. The topological polar surface area (TPSA) is 108 Å². The number of guanidine groups is 1. The van der Waals surface area contributed by atoms with Crippen LogP contribution in [-0.2, 0) is 0 Å². The van der Waals surface area contributed by atoms with Crippen LogP contribution in [0.25, 0.3) is 21.8 Å². The first-order chi connectivity index (χ1) is 13.6. The fraction of sp³-hybridized carbons (Fsp3) is 0. The largest absolute Gasteiger partial charge is 0.292 e. The molecule has 7 nitrogen and oxygen atoms in total. The van der Waals surface area contributed by atoms with Crippen molar-refractivity contribution in [3.8, 4) is 0 Å². The molecule has 0 bridgehead atoms. The lowest BCUT2D eigenvalue weighted by Crippen LogP contribution is -2.43. The fourth-order valence-corrected chi connectivity index (χ4v) is 2.79. The van der Waals surface area contributed by atoms with Crippen LogP contribution in [0.3, 0.4) is 0 Å². The fourth-order valence-electron chi connectivity index (χ4n) is 2.79. The van der Waals surface area contributed by atoms with Crippen molar-refractivity contribution < 1.29 is 9.59 Å². The Morgan fingerprint density at radius 2 is 1.14 bits per heavy atom. The van der Waals surface area contributed by atoms with Crippen LogP contribution in [0.4, 0.5) is 0 Å². The van der Waals surface area contributed by atoms with E-state index in [1.165, 1.54) is 12.4 Å². The summed E-state index contributed by atoms with van der Waals surface area (Å²) in [6.45, 7) is 0. The monoisotopic (exact) mass is 369 g/mol. The maximum absolute atomic E-state index is 12.3. The summed E-state index contributed by atoms with van der Waals surface area (Å²) in [4.78, 5) is 33.1. The quantitative estimate of drug-likeness (QED) is 0.373. The Balaban J connectivity index is 1.44. The van der Waals surface area contributed by atoms with Crippen LogP contribution in [0, 0.1) is 5.41 Å². The molecule has 0 radical (unpaired) electrons.